The van der Waals surface area contributed by atoms with Crippen LogP contribution in [0.2, 0.25) is 0 Å². The van der Waals surface area contributed by atoms with Gasteiger partial charge in [0.1, 0.15) is 0 Å². The van der Waals surface area contributed by atoms with Crippen LogP contribution >= 0.6 is 11.3 Å². The number of thiophene rings is 1. The molecule has 5 aromatic rings. The van der Waals surface area contributed by atoms with E-state index in [1.54, 1.807) is 0 Å². The first-order chi connectivity index (χ1) is 30.6. The average molecular weight is 962 g/mol. The number of pyridine rings is 2. The zero-order valence-electron chi connectivity index (χ0n) is 50.3. The topological polar surface area (TPSA) is 51.6 Å². The van der Waals surface area contributed by atoms with Gasteiger partial charge >= 0.3 is 0 Å². The Morgan fingerprint density at radius 3 is 0.594 bits per heavy atom. The van der Waals surface area contributed by atoms with Crippen LogP contribution in [0.4, 0.5) is 0 Å². The number of hydrogen-bond acceptors (Lipinski definition) is 5. The minimum absolute atomic E-state index is 0.0867. The molecular formula is C64H104N4S. The van der Waals surface area contributed by atoms with Crippen molar-refractivity contribution < 1.29 is 0 Å². The van der Waals surface area contributed by atoms with Crippen molar-refractivity contribution in [3.63, 3.8) is 0 Å². The molecular weight excluding hydrogens is 857 g/mol. The molecule has 4 nitrogen and oxygen atoms in total. The largest absolute Gasteiger partial charge is 0.260 e. The van der Waals surface area contributed by atoms with Gasteiger partial charge in [-0.05, 0) is 91.1 Å². The van der Waals surface area contributed by atoms with Crippen LogP contribution in [0.3, 0.4) is 0 Å². The minimum Gasteiger partial charge on any atom is -0.260 e. The summed E-state index contributed by atoms with van der Waals surface area (Å²) in [5, 5.41) is 8.53. The molecule has 0 N–H and O–H groups in total. The third-order valence-corrected chi connectivity index (χ3v) is 13.6. The molecule has 0 bridgehead atoms. The van der Waals surface area contributed by atoms with Crippen LogP contribution in [0.25, 0.3) is 0 Å². The van der Waals surface area contributed by atoms with E-state index >= 15 is 0 Å². The molecule has 386 valence electrons. The molecule has 0 amide bonds. The van der Waals surface area contributed by atoms with Gasteiger partial charge in [0.05, 0.1) is 11.4 Å². The fourth-order valence-electron chi connectivity index (χ4n) is 6.31. The lowest BCUT2D eigenvalue weighted by molar-refractivity contribution is 0.527. The molecule has 5 heteroatoms. The number of benzene rings is 1. The molecule has 69 heavy (non-hydrogen) atoms. The van der Waals surface area contributed by atoms with Gasteiger partial charge in [0.25, 0.3) is 0 Å². The van der Waals surface area contributed by atoms with Gasteiger partial charge in [-0.25, -0.2) is 0 Å². The lowest BCUT2D eigenvalue weighted by Crippen LogP contribution is -2.18. The highest BCUT2D eigenvalue weighted by atomic mass is 32.1. The van der Waals surface area contributed by atoms with Crippen molar-refractivity contribution >= 4 is 11.3 Å². The third kappa shape index (κ3) is 22.5. The summed E-state index contributed by atoms with van der Waals surface area (Å²) in [6.45, 7) is 66.4. The Balaban J connectivity index is 0.000000431. The molecule has 0 saturated heterocycles. The zero-order valence-corrected chi connectivity index (χ0v) is 51.1. The van der Waals surface area contributed by atoms with E-state index in [9.17, 15) is 0 Å². The van der Waals surface area contributed by atoms with Crippen molar-refractivity contribution in [3.8, 4) is 0 Å². The zero-order chi connectivity index (χ0) is 54.2. The van der Waals surface area contributed by atoms with Crippen molar-refractivity contribution in [1.82, 2.24) is 20.2 Å². The maximum atomic E-state index is 4.52. The quantitative estimate of drug-likeness (QED) is 0.155. The summed E-state index contributed by atoms with van der Waals surface area (Å²) >= 11 is 1.95. The van der Waals surface area contributed by atoms with E-state index in [0.717, 1.165) is 22.8 Å². The molecule has 0 aliphatic rings. The first-order valence-electron chi connectivity index (χ1n) is 25.6. The molecule has 0 fully saturated rings. The summed E-state index contributed by atoms with van der Waals surface area (Å²) in [5.74, 6) is 0. The second-order valence-corrected chi connectivity index (χ2v) is 30.5. The van der Waals surface area contributed by atoms with Crippen LogP contribution in [0.15, 0.2) is 85.2 Å². The van der Waals surface area contributed by atoms with Gasteiger partial charge in [-0.1, -0.05) is 244 Å². The van der Waals surface area contributed by atoms with E-state index in [0.29, 0.717) is 10.8 Å². The Hall–Kier alpha value is -3.70. The average Bonchev–Trinajstić information content (AvgIpc) is 3.70. The van der Waals surface area contributed by atoms with E-state index < -0.39 is 0 Å². The highest BCUT2D eigenvalue weighted by molar-refractivity contribution is 7.12. The molecule has 4 heterocycles. The Bertz CT molecular complexity index is 1810. The lowest BCUT2D eigenvalue weighted by atomic mass is 9.82. The van der Waals surface area contributed by atoms with Crippen molar-refractivity contribution in [2.45, 2.75) is 262 Å². The maximum absolute atomic E-state index is 4.52. The summed E-state index contributed by atoms with van der Waals surface area (Å²) in [7, 11) is 0. The van der Waals surface area contributed by atoms with Crippen molar-refractivity contribution in [1.29, 1.82) is 0 Å². The second-order valence-electron chi connectivity index (χ2n) is 29.4. The summed E-state index contributed by atoms with van der Waals surface area (Å²) in [6, 6.07) is 26.3. The Labute approximate surface area is 431 Å². The molecule has 1 aromatic carbocycles. The number of rotatable bonds is 0. The molecule has 0 atom stereocenters. The van der Waals surface area contributed by atoms with Crippen LogP contribution in [0.5, 0.6) is 0 Å². The monoisotopic (exact) mass is 961 g/mol. The third-order valence-electron chi connectivity index (χ3n) is 11.7. The Morgan fingerprint density at radius 2 is 0.449 bits per heavy atom. The van der Waals surface area contributed by atoms with Gasteiger partial charge < -0.3 is 0 Å². The van der Waals surface area contributed by atoms with Crippen LogP contribution in [-0.4, -0.2) is 20.2 Å². The lowest BCUT2D eigenvalue weighted by Gasteiger charge is -2.23. The Kier molecular flexibility index (Phi) is 21.3. The predicted octanol–water partition coefficient (Wildman–Crippen LogP) is 19.0. The van der Waals surface area contributed by atoms with Crippen LogP contribution in [0.1, 0.15) is 262 Å². The molecule has 0 aliphatic heterocycles. The molecule has 0 radical (unpaired) electrons. The Morgan fingerprint density at radius 1 is 0.232 bits per heavy atom. The highest BCUT2D eigenvalue weighted by Gasteiger charge is 2.23. The normalized spacial score (nSPS) is 13.1. The van der Waals surface area contributed by atoms with Crippen LogP contribution < -0.4 is 0 Å². The van der Waals surface area contributed by atoms with E-state index in [-0.39, 0.29) is 43.3 Å². The van der Waals surface area contributed by atoms with Gasteiger partial charge in [-0.15, -0.1) is 11.3 Å². The van der Waals surface area contributed by atoms with Crippen LogP contribution in [0, 0.1) is 0 Å². The summed E-state index contributed by atoms with van der Waals surface area (Å²) in [5.41, 5.74) is 11.8. The summed E-state index contributed by atoms with van der Waals surface area (Å²) in [6.07, 6.45) is 4.00. The summed E-state index contributed by atoms with van der Waals surface area (Å²) < 4.78 is 0. The first kappa shape index (κ1) is 63.3. The van der Waals surface area contributed by atoms with Gasteiger partial charge in [0.15, 0.2) is 0 Å². The highest BCUT2D eigenvalue weighted by Crippen LogP contribution is 2.35. The number of aromatic nitrogens is 4. The number of hydrogen-bond donors (Lipinski definition) is 0. The SMILES string of the molecule is CC(C)(C)c1ccc(C(C)(C)C)cc1.CC(C)(C)c1ccc(C(C)(C)C)nc1.CC(C)(C)c1ccc(C(C)(C)C)nc1.CC(C)(C)c1ccc(C(C)(C)C)nn1.CC(C)(C)c1ccc(C(C)(C)C)s1. The minimum atomic E-state index is 0.0867. The van der Waals surface area contributed by atoms with E-state index in [2.05, 4.69) is 301 Å². The molecule has 0 aliphatic carbocycles. The van der Waals surface area contributed by atoms with Crippen molar-refractivity contribution in [2.24, 2.45) is 0 Å². The molecule has 0 unspecified atom stereocenters. The standard InChI is InChI=1S/C14H22.2C13H21N.C12H20N2.C12H20S/c1-13(2,3)11-7-9-12(10-8-11)14(4,5)6;2*1-12(2,3)10-7-8-11(14-9-10)13(4,5)6;1-11(2,3)9-7-8-10(14-13-9)12(4,5)6;1-11(2,3)9-7-8-10(13-9)12(4,5)6/h7-10H,1-6H3;2*7-9H,1-6H3;7-8H,1-6H3;7-8H,1-6H3. The van der Waals surface area contributed by atoms with Gasteiger partial charge in [0, 0.05) is 55.2 Å². The van der Waals surface area contributed by atoms with Crippen molar-refractivity contribution in [3.05, 3.63) is 140 Å². The van der Waals surface area contributed by atoms with E-state index in [1.807, 2.05) is 23.7 Å². The molecule has 0 saturated carbocycles. The molecule has 5 rings (SSSR count). The van der Waals surface area contributed by atoms with Gasteiger partial charge in [-0.2, -0.15) is 10.2 Å². The van der Waals surface area contributed by atoms with Gasteiger partial charge in [0.2, 0.25) is 0 Å². The molecule has 0 spiro atoms. The number of nitrogens with zero attached hydrogens (tertiary/aromatic N) is 4. The second kappa shape index (κ2) is 23.2. The maximum Gasteiger partial charge on any atom is 0.0684 e. The fraction of sp³-hybridized carbons (Fsp3) is 0.625. The van der Waals surface area contributed by atoms with Gasteiger partial charge in [-0.3, -0.25) is 9.97 Å². The van der Waals surface area contributed by atoms with E-state index in [1.165, 1.54) is 32.0 Å². The first-order valence-corrected chi connectivity index (χ1v) is 26.4. The van der Waals surface area contributed by atoms with Crippen LogP contribution in [-0.2, 0) is 54.1 Å². The van der Waals surface area contributed by atoms with Crippen molar-refractivity contribution in [2.75, 3.05) is 0 Å². The summed E-state index contributed by atoms with van der Waals surface area (Å²) in [4.78, 5) is 12.0. The predicted molar refractivity (Wildman–Crippen MR) is 308 cm³/mol. The van der Waals surface area contributed by atoms with E-state index in [4.69, 9.17) is 0 Å². The fourth-order valence-corrected chi connectivity index (χ4v) is 7.43. The molecule has 4 aromatic heterocycles. The smallest absolute Gasteiger partial charge is 0.0684 e.